The van der Waals surface area contributed by atoms with Crippen molar-refractivity contribution in [2.75, 3.05) is 32.0 Å². The molecule has 3 rings (SSSR count). The number of nitrogens with zero attached hydrogens (tertiary/aromatic N) is 1. The summed E-state index contributed by atoms with van der Waals surface area (Å²) in [5.74, 6) is 1.02. The Balaban J connectivity index is 1.93. The number of piperidine rings is 1. The van der Waals surface area contributed by atoms with E-state index in [4.69, 9.17) is 32.7 Å². The lowest BCUT2D eigenvalue weighted by atomic mass is 9.91. The van der Waals surface area contributed by atoms with Crippen LogP contribution in [0.25, 0.3) is 0 Å². The van der Waals surface area contributed by atoms with Gasteiger partial charge in [-0.15, -0.1) is 0 Å². The van der Waals surface area contributed by atoms with Crippen molar-refractivity contribution in [1.82, 2.24) is 4.90 Å². The summed E-state index contributed by atoms with van der Waals surface area (Å²) in [4.78, 5) is 14.8. The van der Waals surface area contributed by atoms with Crippen molar-refractivity contribution in [3.63, 3.8) is 0 Å². The highest BCUT2D eigenvalue weighted by atomic mass is 35.5. The standard InChI is InChI=1S/C22H26Cl2N2O5S/c1-13-7-14(2)12-26(11-13)22(27)16-8-15(5-6-17(16)23)32(28,29)25-19-9-18(24)20(30-3)10-21(19)31-4/h5-6,8-10,13-14,25H,7,11-12H2,1-4H3/t13-,14-/m0/s1. The first-order valence-corrected chi connectivity index (χ1v) is 12.3. The topological polar surface area (TPSA) is 84.9 Å². The van der Waals surface area contributed by atoms with Gasteiger partial charge < -0.3 is 14.4 Å². The van der Waals surface area contributed by atoms with Gasteiger partial charge in [0.15, 0.2) is 0 Å². The van der Waals surface area contributed by atoms with Crippen molar-refractivity contribution in [1.29, 1.82) is 0 Å². The van der Waals surface area contributed by atoms with Gasteiger partial charge in [-0.05, 0) is 42.5 Å². The van der Waals surface area contributed by atoms with Crippen molar-refractivity contribution in [2.45, 2.75) is 25.2 Å². The van der Waals surface area contributed by atoms with Crippen LogP contribution < -0.4 is 14.2 Å². The van der Waals surface area contributed by atoms with Gasteiger partial charge >= 0.3 is 0 Å². The molecule has 0 unspecified atom stereocenters. The van der Waals surface area contributed by atoms with Gasteiger partial charge in [0.1, 0.15) is 11.5 Å². The second kappa shape index (κ2) is 9.77. The molecule has 1 amide bonds. The molecule has 1 fully saturated rings. The van der Waals surface area contributed by atoms with Gasteiger partial charge in [-0.25, -0.2) is 8.42 Å². The molecule has 0 aromatic heterocycles. The molecule has 2 aromatic carbocycles. The molecule has 0 saturated carbocycles. The van der Waals surface area contributed by atoms with Gasteiger partial charge in [-0.3, -0.25) is 9.52 Å². The van der Waals surface area contributed by atoms with Gasteiger partial charge in [-0.1, -0.05) is 37.0 Å². The maximum atomic E-state index is 13.1. The van der Waals surface area contributed by atoms with Crippen molar-refractivity contribution in [3.05, 3.63) is 45.9 Å². The Morgan fingerprint density at radius 3 is 2.22 bits per heavy atom. The lowest BCUT2D eigenvalue weighted by molar-refractivity contribution is 0.0623. The first-order valence-electron chi connectivity index (χ1n) is 10.1. The van der Waals surface area contributed by atoms with E-state index in [1.54, 1.807) is 4.90 Å². The Bertz CT molecular complexity index is 1110. The van der Waals surface area contributed by atoms with Crippen LogP contribution in [0.5, 0.6) is 11.5 Å². The Hall–Kier alpha value is -2.16. The average molecular weight is 501 g/mol. The van der Waals surface area contributed by atoms with Crippen LogP contribution in [0.2, 0.25) is 10.0 Å². The van der Waals surface area contributed by atoms with Crippen LogP contribution in [-0.4, -0.2) is 46.5 Å². The van der Waals surface area contributed by atoms with Crippen LogP contribution in [0, 0.1) is 11.8 Å². The normalized spacial score (nSPS) is 18.9. The van der Waals surface area contributed by atoms with Crippen molar-refractivity contribution in [3.8, 4) is 11.5 Å². The van der Waals surface area contributed by atoms with Crippen molar-refractivity contribution < 1.29 is 22.7 Å². The summed E-state index contributed by atoms with van der Waals surface area (Å²) in [5, 5.41) is 0.413. The largest absolute Gasteiger partial charge is 0.495 e. The summed E-state index contributed by atoms with van der Waals surface area (Å²) in [6, 6.07) is 6.94. The minimum absolute atomic E-state index is 0.0997. The summed E-state index contributed by atoms with van der Waals surface area (Å²) >= 11 is 12.4. The van der Waals surface area contributed by atoms with Crippen LogP contribution in [0.15, 0.2) is 35.2 Å². The number of anilines is 1. The zero-order valence-corrected chi connectivity index (χ0v) is 20.6. The van der Waals surface area contributed by atoms with Crippen LogP contribution in [-0.2, 0) is 10.0 Å². The van der Waals surface area contributed by atoms with E-state index in [0.717, 1.165) is 6.42 Å². The molecule has 1 aliphatic heterocycles. The molecule has 1 aliphatic rings. The zero-order chi connectivity index (χ0) is 23.6. The van der Waals surface area contributed by atoms with E-state index < -0.39 is 10.0 Å². The maximum absolute atomic E-state index is 13.1. The van der Waals surface area contributed by atoms with Gasteiger partial charge in [0.25, 0.3) is 15.9 Å². The van der Waals surface area contributed by atoms with Crippen LogP contribution in [0.3, 0.4) is 0 Å². The Labute approximate surface area is 198 Å². The summed E-state index contributed by atoms with van der Waals surface area (Å²) in [6.07, 6.45) is 1.04. The maximum Gasteiger partial charge on any atom is 0.262 e. The number of halogens is 2. The molecule has 10 heteroatoms. The molecule has 0 bridgehead atoms. The summed E-state index contributed by atoms with van der Waals surface area (Å²) < 4.78 is 39.0. The van der Waals surface area contributed by atoms with Crippen LogP contribution in [0.4, 0.5) is 5.69 Å². The van der Waals surface area contributed by atoms with E-state index in [1.165, 1.54) is 44.6 Å². The quantitative estimate of drug-likeness (QED) is 0.607. The molecular weight excluding hydrogens is 475 g/mol. The molecule has 0 radical (unpaired) electrons. The highest BCUT2D eigenvalue weighted by molar-refractivity contribution is 7.92. The Morgan fingerprint density at radius 2 is 1.62 bits per heavy atom. The first-order chi connectivity index (χ1) is 15.1. The first kappa shape index (κ1) is 24.5. The van der Waals surface area contributed by atoms with Crippen molar-refractivity contribution >= 4 is 44.8 Å². The fourth-order valence-electron chi connectivity index (χ4n) is 3.98. The molecule has 1 saturated heterocycles. The predicted molar refractivity (Wildman–Crippen MR) is 126 cm³/mol. The van der Waals surface area contributed by atoms with E-state index in [1.807, 2.05) is 0 Å². The average Bonchev–Trinajstić information content (AvgIpc) is 2.72. The third-order valence-electron chi connectivity index (χ3n) is 5.35. The number of hydrogen-bond acceptors (Lipinski definition) is 5. The monoisotopic (exact) mass is 500 g/mol. The predicted octanol–water partition coefficient (Wildman–Crippen LogP) is 4.93. The Kier molecular flexibility index (Phi) is 7.47. The highest BCUT2D eigenvalue weighted by Crippen LogP contribution is 2.37. The summed E-state index contributed by atoms with van der Waals surface area (Å²) in [6.45, 7) is 5.40. The smallest absolute Gasteiger partial charge is 0.262 e. The lowest BCUT2D eigenvalue weighted by Gasteiger charge is -2.35. The number of likely N-dealkylation sites (tertiary alicyclic amines) is 1. The van der Waals surface area contributed by atoms with Gasteiger partial charge in [0, 0.05) is 19.2 Å². The number of benzene rings is 2. The van der Waals surface area contributed by atoms with Gasteiger partial charge in [-0.2, -0.15) is 0 Å². The molecule has 174 valence electrons. The molecule has 2 aromatic rings. The zero-order valence-electron chi connectivity index (χ0n) is 18.3. The van der Waals surface area contributed by atoms with Crippen molar-refractivity contribution in [2.24, 2.45) is 11.8 Å². The number of carbonyl (C=O) groups is 1. The third kappa shape index (κ3) is 5.24. The molecule has 1 heterocycles. The second-order valence-electron chi connectivity index (χ2n) is 8.09. The van der Waals surface area contributed by atoms with E-state index in [-0.39, 0.29) is 37.8 Å². The number of nitrogens with one attached hydrogen (secondary N) is 1. The van der Waals surface area contributed by atoms with Crippen LogP contribution in [0.1, 0.15) is 30.6 Å². The SMILES string of the molecule is COc1cc(OC)c(NS(=O)(=O)c2ccc(Cl)c(C(=O)N3C[C@@H](C)C[C@H](C)C3)c2)cc1Cl. The lowest BCUT2D eigenvalue weighted by Crippen LogP contribution is -2.42. The number of amides is 1. The molecule has 1 N–H and O–H groups in total. The Morgan fingerprint density at radius 1 is 1.00 bits per heavy atom. The minimum atomic E-state index is -4.07. The number of ether oxygens (including phenoxy) is 2. The van der Waals surface area contributed by atoms with E-state index >= 15 is 0 Å². The fourth-order valence-corrected chi connectivity index (χ4v) is 5.50. The van der Waals surface area contributed by atoms with E-state index in [2.05, 4.69) is 18.6 Å². The molecule has 32 heavy (non-hydrogen) atoms. The minimum Gasteiger partial charge on any atom is -0.495 e. The van der Waals surface area contributed by atoms with Gasteiger partial charge in [0.2, 0.25) is 0 Å². The van der Waals surface area contributed by atoms with Gasteiger partial charge in [0.05, 0.1) is 40.4 Å². The van der Waals surface area contributed by atoms with E-state index in [0.29, 0.717) is 30.7 Å². The second-order valence-corrected chi connectivity index (χ2v) is 10.6. The number of hydrogen-bond donors (Lipinski definition) is 1. The molecule has 0 aliphatic carbocycles. The van der Waals surface area contributed by atoms with E-state index in [9.17, 15) is 13.2 Å². The molecular formula is C22H26Cl2N2O5S. The number of methoxy groups -OCH3 is 2. The highest BCUT2D eigenvalue weighted by Gasteiger charge is 2.28. The summed E-state index contributed by atoms with van der Waals surface area (Å²) in [5.41, 5.74) is 0.287. The number of sulfonamides is 1. The number of carbonyl (C=O) groups excluding carboxylic acids is 1. The fraction of sp³-hybridized carbons (Fsp3) is 0.409. The summed E-state index contributed by atoms with van der Waals surface area (Å²) in [7, 11) is -1.22. The number of rotatable bonds is 6. The molecule has 2 atom stereocenters. The third-order valence-corrected chi connectivity index (χ3v) is 7.34. The van der Waals surface area contributed by atoms with Crippen LogP contribution >= 0.6 is 23.2 Å². The molecule has 0 spiro atoms. The molecule has 7 nitrogen and oxygen atoms in total.